The van der Waals surface area contributed by atoms with Gasteiger partial charge in [-0.2, -0.15) is 0 Å². The van der Waals surface area contributed by atoms with Crippen molar-refractivity contribution in [2.75, 3.05) is 20.8 Å². The van der Waals surface area contributed by atoms with Crippen LogP contribution in [0.25, 0.3) is 0 Å². The van der Waals surface area contributed by atoms with Gasteiger partial charge in [0.25, 0.3) is 0 Å². The number of ether oxygens (including phenoxy) is 2. The molecule has 0 bridgehead atoms. The molecule has 2 N–H and O–H groups in total. The average molecular weight is 291 g/mol. The van der Waals surface area contributed by atoms with Crippen LogP contribution in [0.5, 0.6) is 11.5 Å². The number of fused-ring (bicyclic) bond motifs is 1. The minimum atomic E-state index is -0.632. The lowest BCUT2D eigenvalue weighted by molar-refractivity contribution is -0.0333. The Bertz CT molecular complexity index is 509. The number of aliphatic hydroxyl groups is 1. The van der Waals surface area contributed by atoms with Gasteiger partial charge < -0.3 is 19.9 Å². The lowest BCUT2D eigenvalue weighted by atomic mass is 9.74. The van der Waals surface area contributed by atoms with Crippen molar-refractivity contribution in [2.24, 2.45) is 0 Å². The second-order valence-corrected chi connectivity index (χ2v) is 6.21. The summed E-state index contributed by atoms with van der Waals surface area (Å²) in [4.78, 5) is 0. The monoisotopic (exact) mass is 291 g/mol. The fourth-order valence-corrected chi connectivity index (χ4v) is 3.82. The molecule has 0 saturated heterocycles. The average Bonchev–Trinajstić information content (AvgIpc) is 2.53. The summed E-state index contributed by atoms with van der Waals surface area (Å²) in [5.74, 6) is 1.51. The number of hydrogen-bond acceptors (Lipinski definition) is 4. The maximum Gasteiger partial charge on any atom is 0.161 e. The van der Waals surface area contributed by atoms with Gasteiger partial charge in [-0.3, -0.25) is 0 Å². The van der Waals surface area contributed by atoms with E-state index >= 15 is 0 Å². The molecule has 21 heavy (non-hydrogen) atoms. The van der Waals surface area contributed by atoms with Gasteiger partial charge in [0.05, 0.1) is 25.9 Å². The Morgan fingerprint density at radius 3 is 2.43 bits per heavy atom. The van der Waals surface area contributed by atoms with Crippen molar-refractivity contribution in [3.8, 4) is 11.5 Å². The molecule has 2 aliphatic rings. The number of benzene rings is 1. The van der Waals surface area contributed by atoms with E-state index in [1.54, 1.807) is 14.2 Å². The van der Waals surface area contributed by atoms with Crippen LogP contribution in [0.1, 0.15) is 49.3 Å². The maximum atomic E-state index is 11.1. The van der Waals surface area contributed by atoms with E-state index in [1.165, 1.54) is 17.5 Å². The zero-order valence-electron chi connectivity index (χ0n) is 12.9. The Morgan fingerprint density at radius 1 is 1.10 bits per heavy atom. The van der Waals surface area contributed by atoms with Crippen molar-refractivity contribution in [3.63, 3.8) is 0 Å². The summed E-state index contributed by atoms with van der Waals surface area (Å²) in [6, 6.07) is 4.10. The van der Waals surface area contributed by atoms with Crippen LogP contribution in [0.3, 0.4) is 0 Å². The fourth-order valence-electron chi connectivity index (χ4n) is 3.82. The summed E-state index contributed by atoms with van der Waals surface area (Å²) in [7, 11) is 3.32. The highest BCUT2D eigenvalue weighted by molar-refractivity contribution is 5.50. The van der Waals surface area contributed by atoms with Crippen molar-refractivity contribution in [1.29, 1.82) is 0 Å². The highest BCUT2D eigenvalue weighted by atomic mass is 16.5. The molecule has 1 aromatic rings. The van der Waals surface area contributed by atoms with Gasteiger partial charge in [0, 0.05) is 0 Å². The molecule has 4 heteroatoms. The highest BCUT2D eigenvalue weighted by Crippen LogP contribution is 2.43. The quantitative estimate of drug-likeness (QED) is 0.899. The first-order chi connectivity index (χ1) is 10.2. The molecule has 0 aromatic heterocycles. The van der Waals surface area contributed by atoms with Crippen LogP contribution < -0.4 is 14.8 Å². The van der Waals surface area contributed by atoms with Crippen molar-refractivity contribution < 1.29 is 14.6 Å². The first-order valence-electron chi connectivity index (χ1n) is 7.88. The Balaban J connectivity index is 2.00. The van der Waals surface area contributed by atoms with Crippen LogP contribution in [-0.4, -0.2) is 31.5 Å². The van der Waals surface area contributed by atoms with E-state index in [0.717, 1.165) is 50.1 Å². The smallest absolute Gasteiger partial charge is 0.161 e. The molecule has 1 aromatic carbocycles. The first kappa shape index (κ1) is 14.7. The third kappa shape index (κ3) is 2.62. The minimum Gasteiger partial charge on any atom is -0.493 e. The van der Waals surface area contributed by atoms with E-state index in [4.69, 9.17) is 9.47 Å². The standard InChI is InChI=1S/C17H25NO3/c1-20-14-10-12-6-9-18-16(13(12)11-15(14)21-2)17(19)7-4-3-5-8-17/h10-11,16,18-19H,3-9H2,1-2H3/t16-/m0/s1. The van der Waals surface area contributed by atoms with E-state index in [9.17, 15) is 5.11 Å². The predicted octanol–water partition coefficient (Wildman–Crippen LogP) is 2.59. The third-order valence-electron chi connectivity index (χ3n) is 4.96. The van der Waals surface area contributed by atoms with Crippen molar-refractivity contribution >= 4 is 0 Å². The summed E-state index contributed by atoms with van der Waals surface area (Å²) < 4.78 is 10.8. The fraction of sp³-hybridized carbons (Fsp3) is 0.647. The van der Waals surface area contributed by atoms with Crippen LogP contribution in [0.2, 0.25) is 0 Å². The molecular formula is C17H25NO3. The van der Waals surface area contributed by atoms with Gasteiger partial charge in [-0.25, -0.2) is 0 Å². The van der Waals surface area contributed by atoms with E-state index in [-0.39, 0.29) is 6.04 Å². The van der Waals surface area contributed by atoms with Crippen LogP contribution in [0.15, 0.2) is 12.1 Å². The molecule has 1 atom stereocenters. The van der Waals surface area contributed by atoms with Gasteiger partial charge in [0.2, 0.25) is 0 Å². The minimum absolute atomic E-state index is 0.00126. The number of methoxy groups -OCH3 is 2. The van der Waals surface area contributed by atoms with Gasteiger partial charge in [-0.1, -0.05) is 19.3 Å². The molecule has 0 radical (unpaired) electrons. The zero-order chi connectivity index (χ0) is 14.9. The molecule has 0 amide bonds. The molecule has 1 fully saturated rings. The van der Waals surface area contributed by atoms with Gasteiger partial charge in [0.1, 0.15) is 0 Å². The molecule has 4 nitrogen and oxygen atoms in total. The molecule has 1 aliphatic carbocycles. The largest absolute Gasteiger partial charge is 0.493 e. The number of rotatable bonds is 3. The number of nitrogens with one attached hydrogen (secondary N) is 1. The van der Waals surface area contributed by atoms with Gasteiger partial charge in [-0.05, 0) is 49.1 Å². The molecule has 1 aliphatic heterocycles. The lowest BCUT2D eigenvalue weighted by Crippen LogP contribution is -2.48. The first-order valence-corrected chi connectivity index (χ1v) is 7.88. The molecule has 0 unspecified atom stereocenters. The van der Waals surface area contributed by atoms with Crippen molar-refractivity contribution in [1.82, 2.24) is 5.32 Å². The maximum absolute atomic E-state index is 11.1. The summed E-state index contributed by atoms with van der Waals surface area (Å²) >= 11 is 0. The van der Waals surface area contributed by atoms with E-state index in [1.807, 2.05) is 6.07 Å². The lowest BCUT2D eigenvalue weighted by Gasteiger charge is -2.42. The molecule has 1 saturated carbocycles. The zero-order valence-corrected chi connectivity index (χ0v) is 12.9. The van der Waals surface area contributed by atoms with Crippen LogP contribution in [-0.2, 0) is 6.42 Å². The SMILES string of the molecule is COc1cc2c(cc1OC)[C@@H](C1(O)CCCCC1)NCC2. The van der Waals surface area contributed by atoms with Crippen molar-refractivity contribution in [2.45, 2.75) is 50.2 Å². The number of hydrogen-bond donors (Lipinski definition) is 2. The highest BCUT2D eigenvalue weighted by Gasteiger charge is 2.41. The Labute approximate surface area is 126 Å². The Morgan fingerprint density at radius 2 is 1.76 bits per heavy atom. The summed E-state index contributed by atoms with van der Waals surface area (Å²) in [6.07, 6.45) is 6.15. The predicted molar refractivity (Wildman–Crippen MR) is 82.0 cm³/mol. The summed E-state index contributed by atoms with van der Waals surface area (Å²) in [5.41, 5.74) is 1.80. The Kier molecular flexibility index (Phi) is 4.09. The van der Waals surface area contributed by atoms with Gasteiger partial charge in [0.15, 0.2) is 11.5 Å². The van der Waals surface area contributed by atoms with Crippen LogP contribution >= 0.6 is 0 Å². The summed E-state index contributed by atoms with van der Waals surface area (Å²) in [6.45, 7) is 0.898. The van der Waals surface area contributed by atoms with Gasteiger partial charge >= 0.3 is 0 Å². The molecule has 0 spiro atoms. The van der Waals surface area contributed by atoms with E-state index in [0.29, 0.717) is 0 Å². The van der Waals surface area contributed by atoms with Crippen LogP contribution in [0.4, 0.5) is 0 Å². The van der Waals surface area contributed by atoms with E-state index < -0.39 is 5.60 Å². The molecule has 3 rings (SSSR count). The normalized spacial score (nSPS) is 24.2. The Hall–Kier alpha value is -1.26. The summed E-state index contributed by atoms with van der Waals surface area (Å²) in [5, 5.41) is 14.6. The van der Waals surface area contributed by atoms with Gasteiger partial charge in [-0.15, -0.1) is 0 Å². The third-order valence-corrected chi connectivity index (χ3v) is 4.96. The molecule has 1 heterocycles. The second-order valence-electron chi connectivity index (χ2n) is 6.21. The molecular weight excluding hydrogens is 266 g/mol. The van der Waals surface area contributed by atoms with E-state index in [2.05, 4.69) is 11.4 Å². The molecule has 116 valence electrons. The second kappa shape index (κ2) is 5.85. The topological polar surface area (TPSA) is 50.7 Å². The van der Waals surface area contributed by atoms with Crippen LogP contribution in [0, 0.1) is 0 Å². The van der Waals surface area contributed by atoms with Crippen molar-refractivity contribution in [3.05, 3.63) is 23.3 Å².